The molecule has 1 aliphatic rings. The van der Waals surface area contributed by atoms with Crippen LogP contribution in [0.4, 0.5) is 19.0 Å². The van der Waals surface area contributed by atoms with E-state index in [4.69, 9.17) is 0 Å². The van der Waals surface area contributed by atoms with Crippen molar-refractivity contribution in [1.29, 1.82) is 0 Å². The standard InChI is InChI=1S/C18H19F3N4O3/c1-24-15(28-18(20)21)9-14(23-24)22-16(26)17(27)25-7-6-12(10-25)8-11-2-4-13(19)5-3-11/h2-5,9,12,18H,6-8,10H2,1H3,(H,22,23,26). The van der Waals surface area contributed by atoms with Gasteiger partial charge in [-0.3, -0.25) is 9.59 Å². The molecule has 2 aromatic rings. The maximum atomic E-state index is 13.0. The number of hydrogen-bond acceptors (Lipinski definition) is 4. The van der Waals surface area contributed by atoms with E-state index in [9.17, 15) is 22.8 Å². The van der Waals surface area contributed by atoms with E-state index in [1.165, 1.54) is 24.1 Å². The van der Waals surface area contributed by atoms with Crippen molar-refractivity contribution in [3.63, 3.8) is 0 Å². The Kier molecular flexibility index (Phi) is 5.86. The molecule has 0 radical (unpaired) electrons. The molecule has 3 rings (SSSR count). The monoisotopic (exact) mass is 396 g/mol. The van der Waals surface area contributed by atoms with Crippen LogP contribution < -0.4 is 10.1 Å². The van der Waals surface area contributed by atoms with Crippen molar-refractivity contribution in [2.24, 2.45) is 13.0 Å². The van der Waals surface area contributed by atoms with Gasteiger partial charge >= 0.3 is 18.4 Å². The fourth-order valence-corrected chi connectivity index (χ4v) is 3.16. The number of halogens is 3. The van der Waals surface area contributed by atoms with E-state index in [0.717, 1.165) is 22.7 Å². The van der Waals surface area contributed by atoms with Gasteiger partial charge in [0.05, 0.1) is 0 Å². The van der Waals surface area contributed by atoms with Crippen LogP contribution in [0.3, 0.4) is 0 Å². The molecular weight excluding hydrogens is 377 g/mol. The molecule has 1 saturated heterocycles. The van der Waals surface area contributed by atoms with Gasteiger partial charge in [-0.2, -0.15) is 13.9 Å². The number of nitrogens with zero attached hydrogens (tertiary/aromatic N) is 3. The molecule has 1 fully saturated rings. The van der Waals surface area contributed by atoms with E-state index >= 15 is 0 Å². The minimum absolute atomic E-state index is 0.0569. The summed E-state index contributed by atoms with van der Waals surface area (Å²) in [6, 6.07) is 7.29. The molecule has 1 atom stereocenters. The average molecular weight is 396 g/mol. The number of carbonyl (C=O) groups is 2. The molecule has 150 valence electrons. The summed E-state index contributed by atoms with van der Waals surface area (Å²) >= 11 is 0. The van der Waals surface area contributed by atoms with Gasteiger partial charge in [-0.1, -0.05) is 12.1 Å². The predicted octanol–water partition coefficient (Wildman–Crippen LogP) is 2.19. The highest BCUT2D eigenvalue weighted by Crippen LogP contribution is 2.22. The van der Waals surface area contributed by atoms with Crippen molar-refractivity contribution in [2.75, 3.05) is 18.4 Å². The first-order chi connectivity index (χ1) is 13.3. The fraction of sp³-hybridized carbons (Fsp3) is 0.389. The van der Waals surface area contributed by atoms with Crippen molar-refractivity contribution in [1.82, 2.24) is 14.7 Å². The van der Waals surface area contributed by atoms with Crippen LogP contribution in [0.5, 0.6) is 5.88 Å². The Morgan fingerprint density at radius 2 is 2.04 bits per heavy atom. The number of benzene rings is 1. The lowest BCUT2D eigenvalue weighted by Crippen LogP contribution is -2.38. The largest absolute Gasteiger partial charge is 0.417 e. The van der Waals surface area contributed by atoms with Crippen LogP contribution in [-0.2, 0) is 23.1 Å². The second kappa shape index (κ2) is 8.32. The Balaban J connectivity index is 1.54. The second-order valence-electron chi connectivity index (χ2n) is 6.56. The van der Waals surface area contributed by atoms with Crippen molar-refractivity contribution < 1.29 is 27.5 Å². The molecule has 1 N–H and O–H groups in total. The molecule has 10 heteroatoms. The van der Waals surface area contributed by atoms with Crippen LogP contribution in [0.15, 0.2) is 30.3 Å². The van der Waals surface area contributed by atoms with Gasteiger partial charge in [0.1, 0.15) is 5.82 Å². The summed E-state index contributed by atoms with van der Waals surface area (Å²) in [5.74, 6) is -2.05. The van der Waals surface area contributed by atoms with E-state index in [-0.39, 0.29) is 23.4 Å². The smallest absolute Gasteiger partial charge is 0.388 e. The SMILES string of the molecule is Cn1nc(NC(=O)C(=O)N2CCC(Cc3ccc(F)cc3)C2)cc1OC(F)F. The predicted molar refractivity (Wildman–Crippen MR) is 93.3 cm³/mol. The van der Waals surface area contributed by atoms with E-state index < -0.39 is 18.4 Å². The molecular formula is C18H19F3N4O3. The number of aromatic nitrogens is 2. The Morgan fingerprint density at radius 1 is 1.32 bits per heavy atom. The lowest BCUT2D eigenvalue weighted by Gasteiger charge is -2.15. The summed E-state index contributed by atoms with van der Waals surface area (Å²) in [6.07, 6.45) is 1.41. The quantitative estimate of drug-likeness (QED) is 0.787. The summed E-state index contributed by atoms with van der Waals surface area (Å²) in [7, 11) is 1.37. The number of carbonyl (C=O) groups excluding carboxylic acids is 2. The molecule has 28 heavy (non-hydrogen) atoms. The van der Waals surface area contributed by atoms with Crippen LogP contribution in [0, 0.1) is 11.7 Å². The molecule has 0 spiro atoms. The van der Waals surface area contributed by atoms with Crippen molar-refractivity contribution >= 4 is 17.6 Å². The van der Waals surface area contributed by atoms with Gasteiger partial charge in [0.2, 0.25) is 5.88 Å². The Bertz CT molecular complexity index is 854. The van der Waals surface area contributed by atoms with Crippen molar-refractivity contribution in [2.45, 2.75) is 19.5 Å². The van der Waals surface area contributed by atoms with Crippen molar-refractivity contribution in [3.8, 4) is 5.88 Å². The van der Waals surface area contributed by atoms with Gasteiger partial charge in [-0.15, -0.1) is 0 Å². The number of alkyl halides is 2. The maximum Gasteiger partial charge on any atom is 0.388 e. The van der Waals surface area contributed by atoms with Crippen LogP contribution in [0.1, 0.15) is 12.0 Å². The average Bonchev–Trinajstić information content (AvgIpc) is 3.23. The van der Waals surface area contributed by atoms with E-state index in [2.05, 4.69) is 15.2 Å². The minimum atomic E-state index is -3.02. The van der Waals surface area contributed by atoms with Gasteiger partial charge in [-0.05, 0) is 36.5 Å². The Hall–Kier alpha value is -3.04. The summed E-state index contributed by atoms with van der Waals surface area (Å²) in [5.41, 5.74) is 0.963. The van der Waals surface area contributed by atoms with Gasteiger partial charge in [0, 0.05) is 26.2 Å². The number of ether oxygens (including phenoxy) is 1. The number of anilines is 1. The van der Waals surface area contributed by atoms with Gasteiger partial charge in [0.25, 0.3) is 0 Å². The molecule has 0 bridgehead atoms. The lowest BCUT2D eigenvalue weighted by atomic mass is 9.99. The zero-order valence-corrected chi connectivity index (χ0v) is 15.1. The molecule has 1 aromatic carbocycles. The first kappa shape index (κ1) is 19.7. The number of likely N-dealkylation sites (tertiary alicyclic amines) is 1. The summed E-state index contributed by atoms with van der Waals surface area (Å²) in [4.78, 5) is 25.9. The maximum absolute atomic E-state index is 13.0. The molecule has 0 saturated carbocycles. The van der Waals surface area contributed by atoms with Crippen molar-refractivity contribution in [3.05, 3.63) is 41.7 Å². The zero-order chi connectivity index (χ0) is 20.3. The molecule has 1 aromatic heterocycles. The van der Waals surface area contributed by atoms with Gasteiger partial charge < -0.3 is 15.0 Å². The van der Waals surface area contributed by atoms with Gasteiger partial charge in [-0.25, -0.2) is 9.07 Å². The summed E-state index contributed by atoms with van der Waals surface area (Å²) in [6.45, 7) is -2.19. The number of hydrogen-bond donors (Lipinski definition) is 1. The number of nitrogens with one attached hydrogen (secondary N) is 1. The van der Waals surface area contributed by atoms with Crippen LogP contribution in [-0.4, -0.2) is 46.2 Å². The third-order valence-corrected chi connectivity index (χ3v) is 4.49. The number of amides is 2. The minimum Gasteiger partial charge on any atom is -0.417 e. The van der Waals surface area contributed by atoms with E-state index in [1.807, 2.05) is 0 Å². The summed E-state index contributed by atoms with van der Waals surface area (Å²) < 4.78 is 42.8. The molecule has 2 amide bonds. The lowest BCUT2D eigenvalue weighted by molar-refractivity contribution is -0.142. The number of rotatable bonds is 5. The molecule has 1 unspecified atom stereocenters. The molecule has 0 aliphatic carbocycles. The first-order valence-electron chi connectivity index (χ1n) is 8.65. The first-order valence-corrected chi connectivity index (χ1v) is 8.65. The second-order valence-corrected chi connectivity index (χ2v) is 6.56. The third kappa shape index (κ3) is 4.81. The highest BCUT2D eigenvalue weighted by Gasteiger charge is 2.30. The highest BCUT2D eigenvalue weighted by molar-refractivity contribution is 6.39. The third-order valence-electron chi connectivity index (χ3n) is 4.49. The zero-order valence-electron chi connectivity index (χ0n) is 15.1. The number of aryl methyl sites for hydroxylation is 1. The molecule has 2 heterocycles. The van der Waals surface area contributed by atoms with Crippen LogP contribution in [0.25, 0.3) is 0 Å². The van der Waals surface area contributed by atoms with Crippen LogP contribution in [0.2, 0.25) is 0 Å². The van der Waals surface area contributed by atoms with Gasteiger partial charge in [0.15, 0.2) is 5.82 Å². The molecule has 1 aliphatic heterocycles. The molecule has 7 nitrogen and oxygen atoms in total. The van der Waals surface area contributed by atoms with Crippen LogP contribution >= 0.6 is 0 Å². The Morgan fingerprint density at radius 3 is 2.71 bits per heavy atom. The summed E-state index contributed by atoms with van der Waals surface area (Å²) in [5, 5.41) is 6.11. The fourth-order valence-electron chi connectivity index (χ4n) is 3.16. The van der Waals surface area contributed by atoms with E-state index in [0.29, 0.717) is 19.5 Å². The normalized spacial score (nSPS) is 16.5. The topological polar surface area (TPSA) is 76.5 Å². The Labute approximate surface area is 159 Å². The highest BCUT2D eigenvalue weighted by atomic mass is 19.3. The van der Waals surface area contributed by atoms with E-state index in [1.54, 1.807) is 12.1 Å².